The molecule has 0 fully saturated rings. The van der Waals surface area contributed by atoms with Crippen molar-refractivity contribution in [2.24, 2.45) is 5.92 Å². The van der Waals surface area contributed by atoms with Crippen LogP contribution in [0, 0.1) is 17.6 Å². The smallest absolute Gasteiger partial charge is 0.146 e. The van der Waals surface area contributed by atoms with Gasteiger partial charge in [-0.3, -0.25) is 0 Å². The predicted octanol–water partition coefficient (Wildman–Crippen LogP) is 2.75. The van der Waals surface area contributed by atoms with Crippen LogP contribution in [-0.2, 0) is 6.42 Å². The summed E-state index contributed by atoms with van der Waals surface area (Å²) in [4.78, 5) is 0. The summed E-state index contributed by atoms with van der Waals surface area (Å²) in [6.07, 6.45) is 0.531. The standard InChI is InChI=1S/C10H13F2N/c1-6(2)3-7-4-9(12)10(13)5-8(7)11/h4-6H,3,13H2,1-2H3. The molecule has 0 amide bonds. The normalized spacial score (nSPS) is 10.8. The van der Waals surface area contributed by atoms with Crippen LogP contribution in [0.4, 0.5) is 14.5 Å². The van der Waals surface area contributed by atoms with Gasteiger partial charge in [-0.1, -0.05) is 13.8 Å². The van der Waals surface area contributed by atoms with Crippen molar-refractivity contribution in [3.05, 3.63) is 29.3 Å². The van der Waals surface area contributed by atoms with E-state index in [1.54, 1.807) is 0 Å². The van der Waals surface area contributed by atoms with Gasteiger partial charge in [-0.15, -0.1) is 0 Å². The second kappa shape index (κ2) is 3.73. The van der Waals surface area contributed by atoms with Crippen LogP contribution in [0.15, 0.2) is 12.1 Å². The second-order valence-electron chi connectivity index (χ2n) is 3.56. The number of halogens is 2. The van der Waals surface area contributed by atoms with Crippen LogP contribution in [-0.4, -0.2) is 0 Å². The summed E-state index contributed by atoms with van der Waals surface area (Å²) in [5.74, 6) is -0.665. The first-order chi connectivity index (χ1) is 6.00. The van der Waals surface area contributed by atoms with Crippen molar-refractivity contribution in [1.29, 1.82) is 0 Å². The highest BCUT2D eigenvalue weighted by atomic mass is 19.1. The van der Waals surface area contributed by atoms with E-state index in [9.17, 15) is 8.78 Å². The molecule has 0 aliphatic rings. The van der Waals surface area contributed by atoms with E-state index in [0.717, 1.165) is 6.07 Å². The van der Waals surface area contributed by atoms with Gasteiger partial charge in [0.05, 0.1) is 5.69 Å². The molecule has 0 saturated carbocycles. The summed E-state index contributed by atoms with van der Waals surface area (Å²) in [5, 5.41) is 0. The van der Waals surface area contributed by atoms with E-state index in [0.29, 0.717) is 17.9 Å². The van der Waals surface area contributed by atoms with Gasteiger partial charge in [0.25, 0.3) is 0 Å². The molecule has 0 spiro atoms. The number of nitrogens with two attached hydrogens (primary N) is 1. The van der Waals surface area contributed by atoms with E-state index in [1.165, 1.54) is 6.07 Å². The highest BCUT2D eigenvalue weighted by Gasteiger charge is 2.08. The molecule has 0 bridgehead atoms. The Bertz CT molecular complexity index is 308. The van der Waals surface area contributed by atoms with E-state index in [4.69, 9.17) is 5.73 Å². The molecule has 1 aromatic carbocycles. The molecule has 0 radical (unpaired) electrons. The maximum atomic E-state index is 13.1. The van der Waals surface area contributed by atoms with Crippen LogP contribution in [0.25, 0.3) is 0 Å². The first-order valence-electron chi connectivity index (χ1n) is 4.24. The van der Waals surface area contributed by atoms with Crippen molar-refractivity contribution >= 4 is 5.69 Å². The minimum atomic E-state index is -0.544. The molecular weight excluding hydrogens is 172 g/mol. The van der Waals surface area contributed by atoms with Crippen molar-refractivity contribution in [1.82, 2.24) is 0 Å². The summed E-state index contributed by atoms with van der Waals surface area (Å²) in [6.45, 7) is 3.90. The number of hydrogen-bond donors (Lipinski definition) is 1. The third kappa shape index (κ3) is 2.41. The van der Waals surface area contributed by atoms with Crippen molar-refractivity contribution in [3.8, 4) is 0 Å². The lowest BCUT2D eigenvalue weighted by molar-refractivity contribution is 0.560. The summed E-state index contributed by atoms with van der Waals surface area (Å²) < 4.78 is 26.1. The number of benzene rings is 1. The number of anilines is 1. The zero-order valence-electron chi connectivity index (χ0n) is 7.77. The zero-order chi connectivity index (χ0) is 10.0. The molecule has 0 aliphatic heterocycles. The minimum Gasteiger partial charge on any atom is -0.396 e. The molecular formula is C10H13F2N. The fourth-order valence-corrected chi connectivity index (χ4v) is 1.20. The molecule has 3 heteroatoms. The van der Waals surface area contributed by atoms with Gasteiger partial charge in [0.15, 0.2) is 0 Å². The maximum absolute atomic E-state index is 13.1. The van der Waals surface area contributed by atoms with E-state index in [-0.39, 0.29) is 5.69 Å². The lowest BCUT2D eigenvalue weighted by Crippen LogP contribution is -2.01. The van der Waals surface area contributed by atoms with Gasteiger partial charge >= 0.3 is 0 Å². The third-order valence-electron chi connectivity index (χ3n) is 1.79. The average molecular weight is 185 g/mol. The van der Waals surface area contributed by atoms with E-state index < -0.39 is 11.6 Å². The molecule has 0 saturated heterocycles. The van der Waals surface area contributed by atoms with Gasteiger partial charge in [0, 0.05) is 6.07 Å². The Labute approximate surface area is 76.6 Å². The quantitative estimate of drug-likeness (QED) is 0.704. The Morgan fingerprint density at radius 1 is 1.23 bits per heavy atom. The predicted molar refractivity (Wildman–Crippen MR) is 49.3 cm³/mol. The summed E-state index contributed by atoms with van der Waals surface area (Å²) in [7, 11) is 0. The number of nitrogen functional groups attached to an aromatic ring is 1. The molecule has 72 valence electrons. The van der Waals surface area contributed by atoms with Crippen LogP contribution >= 0.6 is 0 Å². The Morgan fingerprint density at radius 2 is 1.85 bits per heavy atom. The van der Waals surface area contributed by atoms with Gasteiger partial charge in [-0.25, -0.2) is 8.78 Å². The van der Waals surface area contributed by atoms with Crippen LogP contribution in [0.3, 0.4) is 0 Å². The van der Waals surface area contributed by atoms with Crippen LogP contribution in [0.1, 0.15) is 19.4 Å². The Hall–Kier alpha value is -1.12. The molecule has 1 aromatic rings. The zero-order valence-corrected chi connectivity index (χ0v) is 7.77. The monoisotopic (exact) mass is 185 g/mol. The van der Waals surface area contributed by atoms with E-state index >= 15 is 0 Å². The maximum Gasteiger partial charge on any atom is 0.146 e. The molecule has 0 atom stereocenters. The molecule has 0 heterocycles. The Kier molecular flexibility index (Phi) is 2.86. The Balaban J connectivity index is 3.01. The van der Waals surface area contributed by atoms with E-state index in [1.807, 2.05) is 13.8 Å². The number of hydrogen-bond acceptors (Lipinski definition) is 1. The van der Waals surface area contributed by atoms with Crippen LogP contribution in [0.5, 0.6) is 0 Å². The third-order valence-corrected chi connectivity index (χ3v) is 1.79. The molecule has 1 nitrogen and oxygen atoms in total. The Morgan fingerprint density at radius 3 is 2.38 bits per heavy atom. The van der Waals surface area contributed by atoms with Crippen LogP contribution < -0.4 is 5.73 Å². The molecule has 0 aromatic heterocycles. The molecule has 13 heavy (non-hydrogen) atoms. The molecule has 0 aliphatic carbocycles. The van der Waals surface area contributed by atoms with Crippen molar-refractivity contribution in [3.63, 3.8) is 0 Å². The SMILES string of the molecule is CC(C)Cc1cc(F)c(N)cc1F. The number of rotatable bonds is 2. The highest BCUT2D eigenvalue weighted by Crippen LogP contribution is 2.18. The second-order valence-corrected chi connectivity index (χ2v) is 3.56. The first-order valence-corrected chi connectivity index (χ1v) is 4.24. The van der Waals surface area contributed by atoms with Gasteiger partial charge in [-0.2, -0.15) is 0 Å². The largest absolute Gasteiger partial charge is 0.396 e. The van der Waals surface area contributed by atoms with Gasteiger partial charge in [0.2, 0.25) is 0 Å². The summed E-state index contributed by atoms with van der Waals surface area (Å²) in [5.41, 5.74) is 5.46. The van der Waals surface area contributed by atoms with Gasteiger partial charge in [0.1, 0.15) is 11.6 Å². The van der Waals surface area contributed by atoms with Crippen molar-refractivity contribution < 1.29 is 8.78 Å². The lowest BCUT2D eigenvalue weighted by atomic mass is 10.0. The molecule has 0 unspecified atom stereocenters. The average Bonchev–Trinajstić information content (AvgIpc) is 1.99. The molecule has 1 rings (SSSR count). The first kappa shape index (κ1) is 9.96. The fraction of sp³-hybridized carbons (Fsp3) is 0.400. The topological polar surface area (TPSA) is 26.0 Å². The van der Waals surface area contributed by atoms with Crippen molar-refractivity contribution in [2.75, 3.05) is 5.73 Å². The summed E-state index contributed by atoms with van der Waals surface area (Å²) >= 11 is 0. The fourth-order valence-electron chi connectivity index (χ4n) is 1.20. The van der Waals surface area contributed by atoms with Gasteiger partial charge in [-0.05, 0) is 24.0 Å². The van der Waals surface area contributed by atoms with Gasteiger partial charge < -0.3 is 5.73 Å². The van der Waals surface area contributed by atoms with Crippen molar-refractivity contribution in [2.45, 2.75) is 20.3 Å². The lowest BCUT2D eigenvalue weighted by Gasteiger charge is -2.07. The minimum absolute atomic E-state index is 0.134. The van der Waals surface area contributed by atoms with E-state index in [2.05, 4.69) is 0 Å². The highest BCUT2D eigenvalue weighted by molar-refractivity contribution is 5.42. The summed E-state index contributed by atoms with van der Waals surface area (Å²) in [6, 6.07) is 2.21. The van der Waals surface area contributed by atoms with Crippen LogP contribution in [0.2, 0.25) is 0 Å². The molecule has 2 N–H and O–H groups in total.